The number of hydrogen-bond acceptors (Lipinski definition) is 4. The molecule has 4 aliphatic rings. The van der Waals surface area contributed by atoms with E-state index in [1.54, 1.807) is 0 Å². The van der Waals surface area contributed by atoms with Crippen LogP contribution in [-0.2, 0) is 16.6 Å². The fourth-order valence-electron chi connectivity index (χ4n) is 6.27. The highest BCUT2D eigenvalue weighted by atomic mass is 16.2. The number of amidine groups is 1. The number of amides is 2. The largest absolute Gasteiger partial charge is 0.342 e. The van der Waals surface area contributed by atoms with E-state index in [-0.39, 0.29) is 17.2 Å². The molecule has 1 unspecified atom stereocenters. The van der Waals surface area contributed by atoms with Gasteiger partial charge in [-0.1, -0.05) is 49.4 Å². The van der Waals surface area contributed by atoms with E-state index in [4.69, 9.17) is 4.99 Å². The lowest BCUT2D eigenvalue weighted by Gasteiger charge is -2.25. The highest BCUT2D eigenvalue weighted by Crippen LogP contribution is 2.48. The first-order chi connectivity index (χ1) is 18.8. The third kappa shape index (κ3) is 4.10. The zero-order valence-corrected chi connectivity index (χ0v) is 23.0. The van der Waals surface area contributed by atoms with Crippen LogP contribution in [0.1, 0.15) is 50.2 Å². The van der Waals surface area contributed by atoms with E-state index in [0.717, 1.165) is 84.5 Å². The molecule has 2 saturated carbocycles. The molecule has 7 heteroatoms. The Morgan fingerprint density at radius 3 is 2.36 bits per heavy atom. The van der Waals surface area contributed by atoms with Crippen molar-refractivity contribution in [3.63, 3.8) is 0 Å². The molecule has 2 amide bonds. The first kappa shape index (κ1) is 24.3. The predicted molar refractivity (Wildman–Crippen MR) is 151 cm³/mol. The van der Waals surface area contributed by atoms with Gasteiger partial charge in [0.25, 0.3) is 5.91 Å². The van der Waals surface area contributed by atoms with Crippen molar-refractivity contribution in [3.05, 3.63) is 65.9 Å². The Labute approximate surface area is 229 Å². The molecule has 0 bridgehead atoms. The lowest BCUT2D eigenvalue weighted by atomic mass is 9.97. The zero-order valence-electron chi connectivity index (χ0n) is 23.0. The number of rotatable bonds is 6. The Hall–Kier alpha value is -3.74. The number of likely N-dealkylation sites (tertiary alicyclic amines) is 1. The fraction of sp³-hybridized carbons (Fsp3) is 0.438. The van der Waals surface area contributed by atoms with Crippen LogP contribution in [0.5, 0.6) is 0 Å². The number of carbonyl (C=O) groups excluding carboxylic acids is 2. The SMILES string of the molecule is Cc1cc(-c2ccc(-c3ccnn3C)cc2)ccc1C1=NC2(CC2)C(=O)N1CC1CCN(C(=O)C2(C)CC2)C1. The molecule has 3 fully saturated rings. The van der Waals surface area contributed by atoms with Gasteiger partial charge in [0.05, 0.1) is 5.69 Å². The van der Waals surface area contributed by atoms with Gasteiger partial charge in [-0.05, 0) is 73.3 Å². The number of carbonyl (C=O) groups is 2. The summed E-state index contributed by atoms with van der Waals surface area (Å²) in [5, 5.41) is 4.27. The van der Waals surface area contributed by atoms with Gasteiger partial charge in [-0.25, -0.2) is 0 Å². The quantitative estimate of drug-likeness (QED) is 0.466. The van der Waals surface area contributed by atoms with E-state index < -0.39 is 5.54 Å². The summed E-state index contributed by atoms with van der Waals surface area (Å²) >= 11 is 0. The monoisotopic (exact) mass is 521 g/mol. The molecule has 2 aromatic carbocycles. The summed E-state index contributed by atoms with van der Waals surface area (Å²) < 4.78 is 1.88. The smallest absolute Gasteiger partial charge is 0.256 e. The number of benzene rings is 2. The van der Waals surface area contributed by atoms with E-state index in [1.807, 2.05) is 33.8 Å². The standard InChI is InChI=1S/C32H35N5O2/c1-21-18-25(23-4-6-24(7-5-23)27-10-16-33-35(27)3)8-9-26(21)28-34-32(14-15-32)30(39)37(28)20-22-11-17-36(19-22)29(38)31(2)12-13-31/h4-10,16,18,22H,11-15,17,19-20H2,1-3H3. The lowest BCUT2D eigenvalue weighted by molar-refractivity contribution is -0.135. The molecule has 7 nitrogen and oxygen atoms in total. The van der Waals surface area contributed by atoms with Crippen LogP contribution in [0.25, 0.3) is 22.4 Å². The van der Waals surface area contributed by atoms with Crippen LogP contribution >= 0.6 is 0 Å². The van der Waals surface area contributed by atoms with Gasteiger partial charge in [0.1, 0.15) is 11.4 Å². The van der Waals surface area contributed by atoms with Crippen molar-refractivity contribution in [1.82, 2.24) is 19.6 Å². The van der Waals surface area contributed by atoms with Gasteiger partial charge in [0.15, 0.2) is 0 Å². The Kier molecular flexibility index (Phi) is 5.38. The van der Waals surface area contributed by atoms with E-state index >= 15 is 0 Å². The highest BCUT2D eigenvalue weighted by Gasteiger charge is 2.58. The molecule has 39 heavy (non-hydrogen) atoms. The van der Waals surface area contributed by atoms with Gasteiger partial charge in [-0.2, -0.15) is 5.10 Å². The number of hydrogen-bond donors (Lipinski definition) is 0. The molecule has 7 rings (SSSR count). The average Bonchev–Trinajstić information content (AvgIpc) is 3.74. The predicted octanol–water partition coefficient (Wildman–Crippen LogP) is 4.83. The van der Waals surface area contributed by atoms with Crippen molar-refractivity contribution in [3.8, 4) is 22.4 Å². The number of aromatic nitrogens is 2. The summed E-state index contributed by atoms with van der Waals surface area (Å²) in [6, 6.07) is 17.0. The fourth-order valence-corrected chi connectivity index (χ4v) is 6.27. The van der Waals surface area contributed by atoms with Crippen molar-refractivity contribution in [1.29, 1.82) is 0 Å². The van der Waals surface area contributed by atoms with Crippen LogP contribution in [0, 0.1) is 18.3 Å². The average molecular weight is 522 g/mol. The maximum absolute atomic E-state index is 13.5. The Balaban J connectivity index is 1.11. The normalized spacial score (nSPS) is 22.5. The van der Waals surface area contributed by atoms with Crippen LogP contribution in [0.3, 0.4) is 0 Å². The minimum atomic E-state index is -0.544. The molecule has 200 valence electrons. The highest BCUT2D eigenvalue weighted by molar-refractivity contribution is 6.17. The molecule has 0 N–H and O–H groups in total. The molecule has 0 radical (unpaired) electrons. The Morgan fingerprint density at radius 2 is 1.72 bits per heavy atom. The van der Waals surface area contributed by atoms with Crippen molar-refractivity contribution in [2.75, 3.05) is 19.6 Å². The molecule has 3 aromatic rings. The van der Waals surface area contributed by atoms with Gasteiger partial charge in [-0.3, -0.25) is 24.2 Å². The minimum Gasteiger partial charge on any atom is -0.342 e. The van der Waals surface area contributed by atoms with Gasteiger partial charge < -0.3 is 4.90 Å². The van der Waals surface area contributed by atoms with Crippen molar-refractivity contribution >= 4 is 17.6 Å². The van der Waals surface area contributed by atoms with E-state index in [0.29, 0.717) is 12.5 Å². The molecular weight excluding hydrogens is 486 g/mol. The Bertz CT molecular complexity index is 1510. The molecule has 1 aromatic heterocycles. The van der Waals surface area contributed by atoms with E-state index in [9.17, 15) is 9.59 Å². The van der Waals surface area contributed by atoms with Crippen molar-refractivity contribution in [2.24, 2.45) is 23.4 Å². The molecule has 1 atom stereocenters. The van der Waals surface area contributed by atoms with Crippen LogP contribution in [0.4, 0.5) is 0 Å². The van der Waals surface area contributed by atoms with Crippen LogP contribution < -0.4 is 0 Å². The molecule has 3 heterocycles. The van der Waals surface area contributed by atoms with Gasteiger partial charge in [0.2, 0.25) is 5.91 Å². The first-order valence-corrected chi connectivity index (χ1v) is 14.2. The van der Waals surface area contributed by atoms with Crippen molar-refractivity contribution < 1.29 is 9.59 Å². The molecule has 1 spiro atoms. The summed E-state index contributed by atoms with van der Waals surface area (Å²) in [5.74, 6) is 1.54. The van der Waals surface area contributed by atoms with Crippen LogP contribution in [-0.4, -0.2) is 62.4 Å². The molecule has 2 aliphatic heterocycles. The van der Waals surface area contributed by atoms with Gasteiger partial charge in [-0.15, -0.1) is 0 Å². The van der Waals surface area contributed by atoms with E-state index in [2.05, 4.69) is 61.4 Å². The topological polar surface area (TPSA) is 70.8 Å². The molecular formula is C32H35N5O2. The second-order valence-electron chi connectivity index (χ2n) is 12.3. The Morgan fingerprint density at radius 1 is 1.00 bits per heavy atom. The summed E-state index contributed by atoms with van der Waals surface area (Å²) in [6.45, 7) is 6.36. The second kappa shape index (κ2) is 8.63. The summed E-state index contributed by atoms with van der Waals surface area (Å²) in [4.78, 5) is 35.4. The minimum absolute atomic E-state index is 0.138. The third-order valence-electron chi connectivity index (χ3n) is 9.27. The maximum Gasteiger partial charge on any atom is 0.256 e. The summed E-state index contributed by atoms with van der Waals surface area (Å²) in [5.41, 5.74) is 5.97. The molecule has 2 aliphatic carbocycles. The van der Waals surface area contributed by atoms with Crippen LogP contribution in [0.15, 0.2) is 59.7 Å². The maximum atomic E-state index is 13.5. The van der Waals surface area contributed by atoms with E-state index in [1.165, 1.54) is 0 Å². The van der Waals surface area contributed by atoms with Gasteiger partial charge >= 0.3 is 0 Å². The summed E-state index contributed by atoms with van der Waals surface area (Å²) in [6.07, 6.45) is 6.42. The van der Waals surface area contributed by atoms with Gasteiger partial charge in [0, 0.05) is 43.9 Å². The number of nitrogens with zero attached hydrogens (tertiary/aromatic N) is 5. The number of aryl methyl sites for hydroxylation is 2. The zero-order chi connectivity index (χ0) is 26.9. The molecule has 1 saturated heterocycles. The van der Waals surface area contributed by atoms with Crippen LogP contribution in [0.2, 0.25) is 0 Å². The second-order valence-corrected chi connectivity index (χ2v) is 12.3. The number of aliphatic imine (C=N–C) groups is 1. The van der Waals surface area contributed by atoms with Crippen molar-refractivity contribution in [2.45, 2.75) is 51.5 Å². The lowest BCUT2D eigenvalue weighted by Crippen LogP contribution is -2.41. The third-order valence-corrected chi connectivity index (χ3v) is 9.27. The first-order valence-electron chi connectivity index (χ1n) is 14.2. The summed E-state index contributed by atoms with van der Waals surface area (Å²) in [7, 11) is 1.95.